The van der Waals surface area contributed by atoms with E-state index < -0.39 is 12.5 Å². The molecular weight excluding hydrogens is 210 g/mol. The fraction of sp³-hybridized carbons (Fsp3) is 0.167. The zero-order chi connectivity index (χ0) is 10.6. The number of hydrogen-bond donors (Lipinski definition) is 4. The summed E-state index contributed by atoms with van der Waals surface area (Å²) in [6.07, 6.45) is 0. The molecule has 0 atom stereocenters. The molecule has 0 saturated heterocycles. The summed E-state index contributed by atoms with van der Waals surface area (Å²) >= 11 is 5.57. The largest absolute Gasteiger partial charge is 0.386 e. The first kappa shape index (κ1) is 10.5. The first-order valence-corrected chi connectivity index (χ1v) is 3.95. The van der Waals surface area contributed by atoms with Crippen LogP contribution in [0.5, 0.6) is 0 Å². The van der Waals surface area contributed by atoms with Crippen molar-refractivity contribution in [2.75, 3.05) is 17.8 Å². The molecule has 0 aliphatic carbocycles. The van der Waals surface area contributed by atoms with Crippen molar-refractivity contribution in [2.24, 2.45) is 0 Å². The second kappa shape index (κ2) is 4.58. The van der Waals surface area contributed by atoms with E-state index in [1.54, 1.807) is 0 Å². The van der Waals surface area contributed by atoms with Gasteiger partial charge in [-0.2, -0.15) is 4.98 Å². The number of aliphatic hydroxyl groups is 1. The number of amides is 1. The van der Waals surface area contributed by atoms with E-state index in [1.165, 1.54) is 6.07 Å². The minimum absolute atomic E-state index is 0.0155. The molecule has 1 heterocycles. The normalized spacial score (nSPS) is 9.57. The molecule has 0 radical (unpaired) electrons. The summed E-state index contributed by atoms with van der Waals surface area (Å²) in [7, 11) is 0. The molecule has 5 N–H and O–H groups in total. The van der Waals surface area contributed by atoms with Crippen LogP contribution in [0.25, 0.3) is 0 Å². The van der Waals surface area contributed by atoms with Crippen molar-refractivity contribution in [1.29, 1.82) is 0 Å². The van der Waals surface area contributed by atoms with Crippen molar-refractivity contribution in [2.45, 2.75) is 0 Å². The Morgan fingerprint density at radius 3 is 2.93 bits per heavy atom. The van der Waals surface area contributed by atoms with Gasteiger partial charge in [-0.15, -0.1) is 0 Å². The predicted octanol–water partition coefficient (Wildman–Crippen LogP) is -0.852. The fourth-order valence-electron chi connectivity index (χ4n) is 0.673. The Morgan fingerprint density at radius 2 is 2.36 bits per heavy atom. The first-order valence-electron chi connectivity index (χ1n) is 3.57. The van der Waals surface area contributed by atoms with Crippen LogP contribution in [0.1, 0.15) is 0 Å². The third-order valence-electron chi connectivity index (χ3n) is 1.19. The maximum absolute atomic E-state index is 10.6. The number of nitrogens with zero attached hydrogens (tertiary/aromatic N) is 2. The highest BCUT2D eigenvalue weighted by Gasteiger charge is 2.01. The van der Waals surface area contributed by atoms with E-state index in [1.807, 2.05) is 0 Å². The molecule has 1 amide bonds. The third kappa shape index (κ3) is 3.04. The maximum atomic E-state index is 10.6. The number of nitrogens with one attached hydrogen (secondary N) is 2. The summed E-state index contributed by atoms with van der Waals surface area (Å²) in [5, 5.41) is 8.54. The molecule has 0 saturated carbocycles. The van der Waals surface area contributed by atoms with Crippen molar-refractivity contribution in [1.82, 2.24) is 15.4 Å². The van der Waals surface area contributed by atoms with Gasteiger partial charge in [0.1, 0.15) is 11.8 Å². The van der Waals surface area contributed by atoms with Crippen LogP contribution in [0.15, 0.2) is 6.07 Å². The average molecular weight is 218 g/mol. The van der Waals surface area contributed by atoms with Crippen molar-refractivity contribution in [3.05, 3.63) is 11.2 Å². The second-order valence-electron chi connectivity index (χ2n) is 2.27. The summed E-state index contributed by atoms with van der Waals surface area (Å²) in [4.78, 5) is 18.0. The molecule has 0 aromatic carbocycles. The molecule has 7 nitrogen and oxygen atoms in total. The number of halogens is 1. The van der Waals surface area contributed by atoms with Crippen molar-refractivity contribution in [3.63, 3.8) is 0 Å². The number of aromatic nitrogens is 2. The van der Waals surface area contributed by atoms with Gasteiger partial charge >= 0.3 is 0 Å². The Kier molecular flexibility index (Phi) is 3.43. The van der Waals surface area contributed by atoms with E-state index in [9.17, 15) is 4.79 Å². The molecule has 0 bridgehead atoms. The lowest BCUT2D eigenvalue weighted by Crippen LogP contribution is -2.32. The molecular formula is C6H8ClN5O2. The van der Waals surface area contributed by atoms with Crippen LogP contribution in [0, 0.1) is 0 Å². The van der Waals surface area contributed by atoms with E-state index in [4.69, 9.17) is 22.4 Å². The lowest BCUT2D eigenvalue weighted by molar-refractivity contribution is -0.123. The highest BCUT2D eigenvalue weighted by molar-refractivity contribution is 6.29. The van der Waals surface area contributed by atoms with E-state index >= 15 is 0 Å². The SMILES string of the molecule is Nc1nc(Cl)cc(NNC(=O)CO)n1. The minimum atomic E-state index is -0.624. The molecule has 8 heteroatoms. The number of aliphatic hydroxyl groups excluding tert-OH is 1. The van der Waals surface area contributed by atoms with Gasteiger partial charge in [0.2, 0.25) is 5.95 Å². The summed E-state index contributed by atoms with van der Waals surface area (Å²) in [6, 6.07) is 1.37. The van der Waals surface area contributed by atoms with Crippen LogP contribution < -0.4 is 16.6 Å². The van der Waals surface area contributed by atoms with Gasteiger partial charge in [0, 0.05) is 6.07 Å². The fourth-order valence-corrected chi connectivity index (χ4v) is 0.862. The van der Waals surface area contributed by atoms with Gasteiger partial charge in [-0.25, -0.2) is 4.98 Å². The molecule has 1 aromatic rings. The van der Waals surface area contributed by atoms with Crippen molar-refractivity contribution < 1.29 is 9.90 Å². The first-order chi connectivity index (χ1) is 6.61. The van der Waals surface area contributed by atoms with Gasteiger partial charge in [-0.3, -0.25) is 15.6 Å². The quantitative estimate of drug-likeness (QED) is 0.387. The number of carbonyl (C=O) groups is 1. The van der Waals surface area contributed by atoms with E-state index in [2.05, 4.69) is 20.8 Å². The molecule has 0 fully saturated rings. The van der Waals surface area contributed by atoms with Crippen LogP contribution in [0.3, 0.4) is 0 Å². The smallest absolute Gasteiger partial charge is 0.264 e. The highest BCUT2D eigenvalue weighted by atomic mass is 35.5. The number of hydrogen-bond acceptors (Lipinski definition) is 6. The summed E-state index contributed by atoms with van der Waals surface area (Å²) in [6.45, 7) is -0.624. The lowest BCUT2D eigenvalue weighted by atomic mass is 10.6. The Balaban J connectivity index is 2.63. The topological polar surface area (TPSA) is 113 Å². The van der Waals surface area contributed by atoms with Crippen molar-refractivity contribution in [3.8, 4) is 0 Å². The number of hydrazine groups is 1. The molecule has 0 unspecified atom stereocenters. The molecule has 0 aliphatic rings. The van der Waals surface area contributed by atoms with Gasteiger partial charge in [0.15, 0.2) is 5.82 Å². The summed E-state index contributed by atoms with van der Waals surface area (Å²) < 4.78 is 0. The average Bonchev–Trinajstić information content (AvgIpc) is 2.12. The number of nitrogen functional groups attached to an aromatic ring is 1. The predicted molar refractivity (Wildman–Crippen MR) is 50.3 cm³/mol. The van der Waals surface area contributed by atoms with Gasteiger partial charge in [-0.05, 0) is 0 Å². The second-order valence-corrected chi connectivity index (χ2v) is 2.65. The number of rotatable bonds is 3. The van der Waals surface area contributed by atoms with Gasteiger partial charge in [-0.1, -0.05) is 11.6 Å². The number of anilines is 2. The van der Waals surface area contributed by atoms with Crippen LogP contribution >= 0.6 is 11.6 Å². The number of carbonyl (C=O) groups excluding carboxylic acids is 1. The zero-order valence-corrected chi connectivity index (χ0v) is 7.75. The van der Waals surface area contributed by atoms with Crippen LogP contribution in [0.2, 0.25) is 5.15 Å². The van der Waals surface area contributed by atoms with E-state index in [0.29, 0.717) is 0 Å². The monoisotopic (exact) mass is 217 g/mol. The van der Waals surface area contributed by atoms with Gasteiger partial charge in [0.25, 0.3) is 5.91 Å². The Morgan fingerprint density at radius 1 is 1.64 bits per heavy atom. The Labute approximate surface area is 84.3 Å². The lowest BCUT2D eigenvalue weighted by Gasteiger charge is -2.06. The van der Waals surface area contributed by atoms with Crippen LogP contribution in [-0.4, -0.2) is 27.6 Å². The Hall–Kier alpha value is -1.60. The Bertz CT molecular complexity index is 325. The molecule has 14 heavy (non-hydrogen) atoms. The molecule has 1 aromatic heterocycles. The number of nitrogens with two attached hydrogens (primary N) is 1. The summed E-state index contributed by atoms with van der Waals surface area (Å²) in [5.41, 5.74) is 9.85. The van der Waals surface area contributed by atoms with E-state index in [-0.39, 0.29) is 16.9 Å². The van der Waals surface area contributed by atoms with Crippen LogP contribution in [0.4, 0.5) is 11.8 Å². The van der Waals surface area contributed by atoms with E-state index in [0.717, 1.165) is 0 Å². The maximum Gasteiger partial charge on any atom is 0.264 e. The van der Waals surface area contributed by atoms with Crippen molar-refractivity contribution >= 4 is 29.3 Å². The molecule has 0 aliphatic heterocycles. The van der Waals surface area contributed by atoms with Gasteiger partial charge in [0.05, 0.1) is 0 Å². The molecule has 1 rings (SSSR count). The van der Waals surface area contributed by atoms with Gasteiger partial charge < -0.3 is 10.8 Å². The molecule has 76 valence electrons. The minimum Gasteiger partial charge on any atom is -0.386 e. The standard InChI is InChI=1S/C6H8ClN5O2/c7-3-1-4(10-6(8)9-3)11-12-5(14)2-13/h1,13H,2H2,(H,12,14)(H3,8,9,10,11). The summed E-state index contributed by atoms with van der Waals surface area (Å²) in [5.74, 6) is -0.374. The highest BCUT2D eigenvalue weighted by Crippen LogP contribution is 2.11. The molecule has 0 spiro atoms. The zero-order valence-electron chi connectivity index (χ0n) is 6.99. The van der Waals surface area contributed by atoms with Crippen LogP contribution in [-0.2, 0) is 4.79 Å². The third-order valence-corrected chi connectivity index (χ3v) is 1.38.